The highest BCUT2D eigenvalue weighted by molar-refractivity contribution is 5.33. The van der Waals surface area contributed by atoms with E-state index < -0.39 is 11.6 Å². The highest BCUT2D eigenvalue weighted by atomic mass is 19.2. The molecule has 0 saturated heterocycles. The first-order valence-corrected chi connectivity index (χ1v) is 12.0. The SMILES string of the molecule is C/C=C/CCC1=CCC2C1CCC2C1CCC(c2ccc(OCC)c(F)c2F)CC1. The lowest BCUT2D eigenvalue weighted by Crippen LogP contribution is -2.25. The van der Waals surface area contributed by atoms with Crippen LogP contribution in [0.4, 0.5) is 8.78 Å². The van der Waals surface area contributed by atoms with Crippen molar-refractivity contribution in [2.45, 2.75) is 77.6 Å². The Balaban J connectivity index is 1.34. The summed E-state index contributed by atoms with van der Waals surface area (Å²) in [5, 5.41) is 0. The van der Waals surface area contributed by atoms with Gasteiger partial charge in [0.05, 0.1) is 6.61 Å². The number of rotatable bonds is 7. The molecule has 3 unspecified atom stereocenters. The molecule has 0 radical (unpaired) electrons. The molecule has 0 aromatic heterocycles. The molecule has 4 rings (SSSR count). The van der Waals surface area contributed by atoms with Crippen LogP contribution in [0.3, 0.4) is 0 Å². The molecule has 0 bridgehead atoms. The first-order chi connectivity index (χ1) is 14.6. The highest BCUT2D eigenvalue weighted by Gasteiger charge is 2.44. The zero-order valence-corrected chi connectivity index (χ0v) is 18.5. The monoisotopic (exact) mass is 414 g/mol. The summed E-state index contributed by atoms with van der Waals surface area (Å²) in [5.41, 5.74) is 2.26. The molecule has 0 heterocycles. The zero-order chi connectivity index (χ0) is 21.1. The van der Waals surface area contributed by atoms with Crippen LogP contribution in [0.2, 0.25) is 0 Å². The number of fused-ring (bicyclic) bond motifs is 1. The molecule has 1 aromatic carbocycles. The number of ether oxygens (including phenoxy) is 1. The van der Waals surface area contributed by atoms with Crippen molar-refractivity contribution >= 4 is 0 Å². The van der Waals surface area contributed by atoms with E-state index >= 15 is 0 Å². The average molecular weight is 415 g/mol. The van der Waals surface area contributed by atoms with Gasteiger partial charge in [0.25, 0.3) is 0 Å². The van der Waals surface area contributed by atoms with Crippen molar-refractivity contribution in [3.8, 4) is 5.75 Å². The van der Waals surface area contributed by atoms with E-state index in [1.807, 2.05) is 0 Å². The van der Waals surface area contributed by atoms with Crippen molar-refractivity contribution in [1.29, 1.82) is 0 Å². The van der Waals surface area contributed by atoms with Gasteiger partial charge in [-0.05, 0) is 113 Å². The van der Waals surface area contributed by atoms with E-state index in [4.69, 9.17) is 4.74 Å². The topological polar surface area (TPSA) is 9.23 Å². The summed E-state index contributed by atoms with van der Waals surface area (Å²) in [4.78, 5) is 0. The molecule has 0 N–H and O–H groups in total. The van der Waals surface area contributed by atoms with E-state index in [-0.39, 0.29) is 11.7 Å². The third-order valence-electron chi connectivity index (χ3n) is 8.04. The second-order valence-corrected chi connectivity index (χ2v) is 9.46. The molecule has 3 aliphatic carbocycles. The van der Waals surface area contributed by atoms with E-state index in [0.29, 0.717) is 12.2 Å². The Bertz CT molecular complexity index is 788. The standard InChI is InChI=1S/C27H36F2O/c1-3-5-6-7-18-12-13-24-21(18)14-15-22(24)19-8-10-20(11-9-19)23-16-17-25(30-4-2)27(29)26(23)28/h3,5,12,16-17,19-22,24H,4,6-11,13-15H2,1-2H3/b5-3+. The lowest BCUT2D eigenvalue weighted by atomic mass is 9.70. The molecular weight excluding hydrogens is 378 g/mol. The summed E-state index contributed by atoms with van der Waals surface area (Å²) in [6.07, 6.45) is 17.6. The number of hydrogen-bond acceptors (Lipinski definition) is 1. The molecule has 2 fully saturated rings. The summed E-state index contributed by atoms with van der Waals surface area (Å²) in [5.74, 6) is 1.89. The van der Waals surface area contributed by atoms with Crippen molar-refractivity contribution in [3.05, 3.63) is 53.1 Å². The van der Waals surface area contributed by atoms with Gasteiger partial charge in [0.15, 0.2) is 11.6 Å². The van der Waals surface area contributed by atoms with Gasteiger partial charge in [-0.2, -0.15) is 4.39 Å². The Morgan fingerprint density at radius 2 is 1.80 bits per heavy atom. The minimum Gasteiger partial charge on any atom is -0.491 e. The average Bonchev–Trinajstić information content (AvgIpc) is 3.35. The van der Waals surface area contributed by atoms with Crippen LogP contribution in [0.1, 0.15) is 83.1 Å². The largest absolute Gasteiger partial charge is 0.491 e. The molecule has 3 aliphatic rings. The molecule has 1 aromatic rings. The second kappa shape index (κ2) is 9.66. The molecule has 0 amide bonds. The molecule has 0 spiro atoms. The summed E-state index contributed by atoms with van der Waals surface area (Å²) < 4.78 is 34.2. The Morgan fingerprint density at radius 1 is 1.00 bits per heavy atom. The van der Waals surface area contributed by atoms with Gasteiger partial charge < -0.3 is 4.74 Å². The molecule has 1 nitrogen and oxygen atoms in total. The lowest BCUT2D eigenvalue weighted by molar-refractivity contribution is 0.184. The number of benzene rings is 1. The molecule has 164 valence electrons. The van der Waals surface area contributed by atoms with Gasteiger partial charge in [-0.25, -0.2) is 4.39 Å². The quantitative estimate of drug-likeness (QED) is 0.411. The van der Waals surface area contributed by atoms with Gasteiger partial charge in [-0.1, -0.05) is 29.9 Å². The molecule has 0 aliphatic heterocycles. The van der Waals surface area contributed by atoms with E-state index in [1.165, 1.54) is 32.1 Å². The first kappa shape index (κ1) is 21.6. The second-order valence-electron chi connectivity index (χ2n) is 9.46. The molecule has 3 atom stereocenters. The van der Waals surface area contributed by atoms with Gasteiger partial charge in [0, 0.05) is 0 Å². The van der Waals surface area contributed by atoms with E-state index in [0.717, 1.165) is 49.4 Å². The normalized spacial score (nSPS) is 31.2. The summed E-state index contributed by atoms with van der Waals surface area (Å²) in [6.45, 7) is 4.22. The van der Waals surface area contributed by atoms with Crippen molar-refractivity contribution in [1.82, 2.24) is 0 Å². The van der Waals surface area contributed by atoms with E-state index in [1.54, 1.807) is 24.6 Å². The smallest absolute Gasteiger partial charge is 0.200 e. The zero-order valence-electron chi connectivity index (χ0n) is 18.5. The van der Waals surface area contributed by atoms with Crippen molar-refractivity contribution in [3.63, 3.8) is 0 Å². The van der Waals surface area contributed by atoms with E-state index in [2.05, 4.69) is 25.2 Å². The fraction of sp³-hybridized carbons (Fsp3) is 0.630. The molecule has 3 heteroatoms. The maximum absolute atomic E-state index is 14.6. The summed E-state index contributed by atoms with van der Waals surface area (Å²) in [7, 11) is 0. The van der Waals surface area contributed by atoms with Gasteiger partial charge in [-0.15, -0.1) is 0 Å². The molecule has 2 saturated carbocycles. The van der Waals surface area contributed by atoms with Gasteiger partial charge in [0.2, 0.25) is 5.82 Å². The fourth-order valence-electron chi connectivity index (χ4n) is 6.61. The van der Waals surface area contributed by atoms with Crippen molar-refractivity contribution < 1.29 is 13.5 Å². The minimum atomic E-state index is -0.822. The maximum atomic E-state index is 14.6. The van der Waals surface area contributed by atoms with Crippen LogP contribution in [0.15, 0.2) is 35.9 Å². The first-order valence-electron chi connectivity index (χ1n) is 12.0. The maximum Gasteiger partial charge on any atom is 0.200 e. The molecule has 30 heavy (non-hydrogen) atoms. The van der Waals surface area contributed by atoms with Gasteiger partial charge in [-0.3, -0.25) is 0 Å². The van der Waals surface area contributed by atoms with Crippen LogP contribution in [0.25, 0.3) is 0 Å². The Morgan fingerprint density at radius 3 is 2.53 bits per heavy atom. The number of halogens is 2. The van der Waals surface area contributed by atoms with Crippen molar-refractivity contribution in [2.75, 3.05) is 6.61 Å². The van der Waals surface area contributed by atoms with Crippen LogP contribution >= 0.6 is 0 Å². The van der Waals surface area contributed by atoms with Crippen LogP contribution in [-0.4, -0.2) is 6.61 Å². The van der Waals surface area contributed by atoms with Crippen LogP contribution in [0, 0.1) is 35.3 Å². The minimum absolute atomic E-state index is 0.0309. The summed E-state index contributed by atoms with van der Waals surface area (Å²) in [6, 6.07) is 3.35. The number of hydrogen-bond donors (Lipinski definition) is 0. The van der Waals surface area contributed by atoms with E-state index in [9.17, 15) is 8.78 Å². The third kappa shape index (κ3) is 4.22. The highest BCUT2D eigenvalue weighted by Crippen LogP contribution is 2.54. The predicted octanol–water partition coefficient (Wildman–Crippen LogP) is 7.97. The third-order valence-corrected chi connectivity index (χ3v) is 8.04. The van der Waals surface area contributed by atoms with Crippen LogP contribution in [0.5, 0.6) is 5.75 Å². The van der Waals surface area contributed by atoms with Crippen LogP contribution < -0.4 is 4.74 Å². The Kier molecular flexibility index (Phi) is 6.95. The van der Waals surface area contributed by atoms with Gasteiger partial charge >= 0.3 is 0 Å². The fourth-order valence-corrected chi connectivity index (χ4v) is 6.61. The van der Waals surface area contributed by atoms with Crippen LogP contribution in [-0.2, 0) is 0 Å². The molecular formula is C27H36F2O. The van der Waals surface area contributed by atoms with Crippen molar-refractivity contribution in [2.24, 2.45) is 23.7 Å². The Hall–Kier alpha value is -1.64. The Labute approximate surface area is 180 Å². The summed E-state index contributed by atoms with van der Waals surface area (Å²) >= 11 is 0. The lowest BCUT2D eigenvalue weighted by Gasteiger charge is -2.35. The van der Waals surface area contributed by atoms with Gasteiger partial charge in [0.1, 0.15) is 0 Å². The number of allylic oxidation sites excluding steroid dienone is 4. The predicted molar refractivity (Wildman–Crippen MR) is 119 cm³/mol.